The first-order chi connectivity index (χ1) is 10.2. The van der Waals surface area contributed by atoms with Gasteiger partial charge in [-0.1, -0.05) is 12.1 Å². The molecule has 0 bridgehead atoms. The van der Waals surface area contributed by atoms with Crippen molar-refractivity contribution in [3.05, 3.63) is 34.7 Å². The highest BCUT2D eigenvalue weighted by Crippen LogP contribution is 2.21. The average molecular weight is 305 g/mol. The number of carbonyl (C=O) groups is 1. The number of imidazole rings is 1. The summed E-state index contributed by atoms with van der Waals surface area (Å²) in [4.78, 5) is 29.1. The SMILES string of the molecule is CSC1CCN(C(=O)Cn2c(=O)[nH]c3ccccc32)CC1. The molecule has 112 valence electrons. The fourth-order valence-electron chi connectivity index (χ4n) is 2.84. The van der Waals surface area contributed by atoms with Gasteiger partial charge in [0.05, 0.1) is 11.0 Å². The first-order valence-electron chi connectivity index (χ1n) is 7.17. The van der Waals surface area contributed by atoms with Crippen LogP contribution in [0.25, 0.3) is 11.0 Å². The van der Waals surface area contributed by atoms with E-state index in [0.717, 1.165) is 37.0 Å². The molecule has 0 saturated carbocycles. The average Bonchev–Trinajstić information content (AvgIpc) is 2.83. The van der Waals surface area contributed by atoms with E-state index >= 15 is 0 Å². The van der Waals surface area contributed by atoms with E-state index in [4.69, 9.17) is 0 Å². The fraction of sp³-hybridized carbons (Fsp3) is 0.467. The molecule has 2 aromatic rings. The Kier molecular flexibility index (Phi) is 4.05. The standard InChI is InChI=1S/C15H19N3O2S/c1-21-11-6-8-17(9-7-11)14(19)10-18-13-5-3-2-4-12(13)16-15(18)20/h2-5,11H,6-10H2,1H3,(H,16,20). The molecule has 21 heavy (non-hydrogen) atoms. The third-order valence-corrected chi connectivity index (χ3v) is 5.24. The summed E-state index contributed by atoms with van der Waals surface area (Å²) >= 11 is 1.87. The molecule has 2 heterocycles. The Balaban J connectivity index is 1.75. The number of rotatable bonds is 3. The Bertz CT molecular complexity index is 698. The number of piperidine rings is 1. The first kappa shape index (κ1) is 14.3. The molecule has 0 unspecified atom stereocenters. The van der Waals surface area contributed by atoms with Gasteiger partial charge in [0.15, 0.2) is 0 Å². The molecule has 1 amide bonds. The monoisotopic (exact) mass is 305 g/mol. The maximum absolute atomic E-state index is 12.4. The zero-order valence-electron chi connectivity index (χ0n) is 12.0. The number of hydrogen-bond donors (Lipinski definition) is 1. The minimum absolute atomic E-state index is 0.0291. The Morgan fingerprint density at radius 1 is 1.33 bits per heavy atom. The molecule has 0 radical (unpaired) electrons. The predicted octanol–water partition coefficient (Wildman–Crippen LogP) is 1.68. The van der Waals surface area contributed by atoms with Gasteiger partial charge in [0, 0.05) is 18.3 Å². The Labute approximate surface area is 127 Å². The van der Waals surface area contributed by atoms with E-state index in [2.05, 4.69) is 11.2 Å². The van der Waals surface area contributed by atoms with Gasteiger partial charge in [-0.2, -0.15) is 11.8 Å². The highest BCUT2D eigenvalue weighted by Gasteiger charge is 2.23. The van der Waals surface area contributed by atoms with Crippen LogP contribution < -0.4 is 5.69 Å². The number of benzene rings is 1. The first-order valence-corrected chi connectivity index (χ1v) is 8.46. The number of aromatic amines is 1. The lowest BCUT2D eigenvalue weighted by Gasteiger charge is -2.31. The van der Waals surface area contributed by atoms with Crippen molar-refractivity contribution in [3.8, 4) is 0 Å². The largest absolute Gasteiger partial charge is 0.341 e. The van der Waals surface area contributed by atoms with E-state index in [0.29, 0.717) is 5.25 Å². The van der Waals surface area contributed by atoms with Crippen LogP contribution in [0.2, 0.25) is 0 Å². The fourth-order valence-corrected chi connectivity index (χ4v) is 3.52. The second kappa shape index (κ2) is 5.97. The Hall–Kier alpha value is -1.69. The summed E-state index contributed by atoms with van der Waals surface area (Å²) in [5, 5.41) is 0.657. The van der Waals surface area contributed by atoms with E-state index in [1.54, 1.807) is 0 Å². The van der Waals surface area contributed by atoms with E-state index in [1.165, 1.54) is 4.57 Å². The topological polar surface area (TPSA) is 58.1 Å². The molecule has 5 nitrogen and oxygen atoms in total. The van der Waals surface area contributed by atoms with Gasteiger partial charge in [-0.3, -0.25) is 9.36 Å². The summed E-state index contributed by atoms with van der Waals surface area (Å²) in [6, 6.07) is 7.46. The van der Waals surface area contributed by atoms with Crippen molar-refractivity contribution in [2.45, 2.75) is 24.6 Å². The number of H-pyrrole nitrogens is 1. The van der Waals surface area contributed by atoms with Crippen molar-refractivity contribution in [2.24, 2.45) is 0 Å². The number of amides is 1. The van der Waals surface area contributed by atoms with Crippen LogP contribution in [0.1, 0.15) is 12.8 Å². The lowest BCUT2D eigenvalue weighted by molar-refractivity contribution is -0.132. The molecule has 3 rings (SSSR count). The highest BCUT2D eigenvalue weighted by atomic mass is 32.2. The number of aromatic nitrogens is 2. The maximum Gasteiger partial charge on any atom is 0.326 e. The van der Waals surface area contributed by atoms with Gasteiger partial charge in [0.25, 0.3) is 0 Å². The minimum atomic E-state index is -0.219. The summed E-state index contributed by atoms with van der Waals surface area (Å²) in [5.74, 6) is 0.0291. The molecule has 1 aliphatic rings. The molecule has 1 aromatic heterocycles. The lowest BCUT2D eigenvalue weighted by atomic mass is 10.1. The van der Waals surface area contributed by atoms with Gasteiger partial charge in [-0.15, -0.1) is 0 Å². The summed E-state index contributed by atoms with van der Waals surface area (Å²) in [6.45, 7) is 1.70. The van der Waals surface area contributed by atoms with Crippen molar-refractivity contribution >= 4 is 28.7 Å². The van der Waals surface area contributed by atoms with Gasteiger partial charge in [-0.25, -0.2) is 4.79 Å². The summed E-state index contributed by atoms with van der Waals surface area (Å²) in [6.07, 6.45) is 4.19. The van der Waals surface area contributed by atoms with E-state index < -0.39 is 0 Å². The molecule has 1 aromatic carbocycles. The Morgan fingerprint density at radius 3 is 2.76 bits per heavy atom. The van der Waals surface area contributed by atoms with Crippen molar-refractivity contribution in [2.75, 3.05) is 19.3 Å². The lowest BCUT2D eigenvalue weighted by Crippen LogP contribution is -2.41. The van der Waals surface area contributed by atoms with Crippen LogP contribution in [0.3, 0.4) is 0 Å². The summed E-state index contributed by atoms with van der Waals surface area (Å²) in [7, 11) is 0. The molecule has 0 aliphatic carbocycles. The number of hydrogen-bond acceptors (Lipinski definition) is 3. The van der Waals surface area contributed by atoms with Crippen LogP contribution >= 0.6 is 11.8 Å². The van der Waals surface area contributed by atoms with Crippen molar-refractivity contribution < 1.29 is 4.79 Å². The van der Waals surface area contributed by atoms with Crippen LogP contribution in [-0.4, -0.2) is 45.0 Å². The second-order valence-electron chi connectivity index (χ2n) is 5.35. The molecule has 1 saturated heterocycles. The molecular weight excluding hydrogens is 286 g/mol. The van der Waals surface area contributed by atoms with Gasteiger partial charge < -0.3 is 9.88 Å². The second-order valence-corrected chi connectivity index (χ2v) is 6.49. The van der Waals surface area contributed by atoms with Crippen molar-refractivity contribution in [3.63, 3.8) is 0 Å². The number of fused-ring (bicyclic) bond motifs is 1. The molecule has 1 aliphatic heterocycles. The Morgan fingerprint density at radius 2 is 2.05 bits per heavy atom. The van der Waals surface area contributed by atoms with Crippen molar-refractivity contribution in [1.82, 2.24) is 14.5 Å². The summed E-state index contributed by atoms with van der Waals surface area (Å²) in [5.41, 5.74) is 1.34. The third-order valence-electron chi connectivity index (χ3n) is 4.10. The highest BCUT2D eigenvalue weighted by molar-refractivity contribution is 7.99. The van der Waals surface area contributed by atoms with Crippen LogP contribution in [0, 0.1) is 0 Å². The number of carbonyl (C=O) groups excluding carboxylic acids is 1. The minimum Gasteiger partial charge on any atom is -0.341 e. The number of nitrogens with zero attached hydrogens (tertiary/aromatic N) is 2. The van der Waals surface area contributed by atoms with E-state index in [-0.39, 0.29) is 18.1 Å². The quantitative estimate of drug-likeness (QED) is 0.938. The smallest absolute Gasteiger partial charge is 0.326 e. The molecule has 1 N–H and O–H groups in total. The van der Waals surface area contributed by atoms with Gasteiger partial charge >= 0.3 is 5.69 Å². The zero-order valence-corrected chi connectivity index (χ0v) is 12.9. The number of thioether (sulfide) groups is 1. The number of likely N-dealkylation sites (tertiary alicyclic amines) is 1. The molecule has 0 spiro atoms. The van der Waals surface area contributed by atoms with Crippen LogP contribution in [-0.2, 0) is 11.3 Å². The van der Waals surface area contributed by atoms with Gasteiger partial charge in [0.1, 0.15) is 6.54 Å². The zero-order chi connectivity index (χ0) is 14.8. The van der Waals surface area contributed by atoms with Crippen LogP contribution in [0.15, 0.2) is 29.1 Å². The van der Waals surface area contributed by atoms with E-state index in [9.17, 15) is 9.59 Å². The predicted molar refractivity (Wildman–Crippen MR) is 85.7 cm³/mol. The molecule has 0 atom stereocenters. The molecule has 1 fully saturated rings. The number of nitrogens with one attached hydrogen (secondary N) is 1. The van der Waals surface area contributed by atoms with Crippen LogP contribution in [0.5, 0.6) is 0 Å². The normalized spacial score (nSPS) is 16.5. The van der Waals surface area contributed by atoms with Crippen molar-refractivity contribution in [1.29, 1.82) is 0 Å². The van der Waals surface area contributed by atoms with Gasteiger partial charge in [-0.05, 0) is 31.2 Å². The third kappa shape index (κ3) is 2.85. The summed E-state index contributed by atoms with van der Waals surface area (Å²) < 4.78 is 1.53. The van der Waals surface area contributed by atoms with Gasteiger partial charge in [0.2, 0.25) is 5.91 Å². The van der Waals surface area contributed by atoms with Crippen LogP contribution in [0.4, 0.5) is 0 Å². The molecule has 6 heteroatoms. The maximum atomic E-state index is 12.4. The number of para-hydroxylation sites is 2. The molecular formula is C15H19N3O2S. The van der Waals surface area contributed by atoms with E-state index in [1.807, 2.05) is 40.9 Å².